The fourth-order valence-electron chi connectivity index (χ4n) is 3.55. The fraction of sp³-hybridized carbons (Fsp3) is 0.333. The fourth-order valence-corrected chi connectivity index (χ4v) is 4.69. The van der Waals surface area contributed by atoms with Crippen molar-refractivity contribution in [3.63, 3.8) is 0 Å². The van der Waals surface area contributed by atoms with Crippen molar-refractivity contribution >= 4 is 35.1 Å². The number of rotatable bonds is 8. The molecule has 9 nitrogen and oxygen atoms in total. The van der Waals surface area contributed by atoms with Crippen molar-refractivity contribution in [2.45, 2.75) is 43.6 Å². The summed E-state index contributed by atoms with van der Waals surface area (Å²) in [5, 5.41) is 13.1. The van der Waals surface area contributed by atoms with E-state index in [4.69, 9.17) is 9.26 Å². The lowest BCUT2D eigenvalue weighted by Gasteiger charge is -2.12. The molecule has 0 bridgehead atoms. The summed E-state index contributed by atoms with van der Waals surface area (Å²) in [6.45, 7) is 5.00. The van der Waals surface area contributed by atoms with Crippen molar-refractivity contribution in [3.05, 3.63) is 65.2 Å². The van der Waals surface area contributed by atoms with Gasteiger partial charge in [0.1, 0.15) is 10.8 Å². The number of pyridine rings is 1. The molecule has 4 rings (SSSR count). The lowest BCUT2D eigenvalue weighted by atomic mass is 10.2. The van der Waals surface area contributed by atoms with Crippen molar-refractivity contribution in [3.8, 4) is 0 Å². The van der Waals surface area contributed by atoms with Crippen LogP contribution in [0.5, 0.6) is 0 Å². The van der Waals surface area contributed by atoms with E-state index in [0.29, 0.717) is 34.3 Å². The Balaban J connectivity index is 1.32. The molecule has 34 heavy (non-hydrogen) atoms. The van der Waals surface area contributed by atoms with Crippen LogP contribution in [0.1, 0.15) is 40.2 Å². The molecule has 0 saturated carbocycles. The molecule has 1 atom stereocenters. The topological polar surface area (TPSA) is 118 Å². The average molecular weight is 482 g/mol. The van der Waals surface area contributed by atoms with E-state index >= 15 is 0 Å². The highest BCUT2D eigenvalue weighted by atomic mass is 32.2. The lowest BCUT2D eigenvalue weighted by Crippen LogP contribution is -2.35. The maximum Gasteiger partial charge on any atom is 0.319 e. The van der Waals surface area contributed by atoms with E-state index in [1.54, 1.807) is 42.6 Å². The number of nitrogens with one attached hydrogen (secondary N) is 3. The molecule has 3 heterocycles. The molecule has 3 amide bonds. The van der Waals surface area contributed by atoms with Gasteiger partial charge < -0.3 is 25.2 Å². The van der Waals surface area contributed by atoms with Crippen LogP contribution >= 0.6 is 11.8 Å². The maximum absolute atomic E-state index is 12.9. The number of hydrogen-bond donors (Lipinski definition) is 3. The largest absolute Gasteiger partial charge is 0.376 e. The molecule has 1 fully saturated rings. The lowest BCUT2D eigenvalue weighted by molar-refractivity contribution is 0.102. The number of amides is 3. The molecule has 3 aromatic rings. The second-order valence-corrected chi connectivity index (χ2v) is 8.91. The molecule has 1 unspecified atom stereocenters. The number of aryl methyl sites for hydroxylation is 2. The van der Waals surface area contributed by atoms with Crippen molar-refractivity contribution in [1.29, 1.82) is 0 Å². The molecule has 178 valence electrons. The Morgan fingerprint density at radius 1 is 1.12 bits per heavy atom. The quantitative estimate of drug-likeness (QED) is 0.405. The maximum atomic E-state index is 12.9. The van der Waals surface area contributed by atoms with Gasteiger partial charge in [-0.1, -0.05) is 5.16 Å². The SMILES string of the molecule is Cc1noc(C)c1CSc1ncccc1C(=O)Nc1ccc(NC(=O)NCC2CCCO2)cc1. The predicted octanol–water partition coefficient (Wildman–Crippen LogP) is 4.53. The zero-order valence-electron chi connectivity index (χ0n) is 19.1. The molecule has 1 aliphatic heterocycles. The zero-order valence-corrected chi connectivity index (χ0v) is 19.9. The molecule has 0 aliphatic carbocycles. The normalized spacial score (nSPS) is 15.2. The third kappa shape index (κ3) is 6.15. The van der Waals surface area contributed by atoms with Gasteiger partial charge in [-0.2, -0.15) is 0 Å². The minimum atomic E-state index is -0.289. The molecule has 1 aromatic carbocycles. The van der Waals surface area contributed by atoms with Gasteiger partial charge in [0, 0.05) is 42.0 Å². The van der Waals surface area contributed by atoms with Crippen LogP contribution in [0.25, 0.3) is 0 Å². The van der Waals surface area contributed by atoms with Gasteiger partial charge >= 0.3 is 6.03 Å². The first-order valence-electron chi connectivity index (χ1n) is 11.1. The Hall–Kier alpha value is -3.37. The number of hydrogen-bond acceptors (Lipinski definition) is 7. The van der Waals surface area contributed by atoms with Crippen LogP contribution in [0.2, 0.25) is 0 Å². The van der Waals surface area contributed by atoms with Crippen LogP contribution < -0.4 is 16.0 Å². The van der Waals surface area contributed by atoms with Crippen LogP contribution in [0.3, 0.4) is 0 Å². The number of benzene rings is 1. The summed E-state index contributed by atoms with van der Waals surface area (Å²) in [6.07, 6.45) is 3.74. The summed E-state index contributed by atoms with van der Waals surface area (Å²) in [6, 6.07) is 10.1. The van der Waals surface area contributed by atoms with Gasteiger partial charge in [0.15, 0.2) is 0 Å². The van der Waals surface area contributed by atoms with Crippen molar-refractivity contribution in [2.75, 3.05) is 23.8 Å². The monoisotopic (exact) mass is 481 g/mol. The molecule has 2 aromatic heterocycles. The van der Waals surface area contributed by atoms with E-state index in [-0.39, 0.29) is 18.0 Å². The summed E-state index contributed by atoms with van der Waals surface area (Å²) < 4.78 is 10.7. The van der Waals surface area contributed by atoms with Crippen LogP contribution in [0.15, 0.2) is 52.1 Å². The highest BCUT2D eigenvalue weighted by Crippen LogP contribution is 2.27. The number of carbonyl (C=O) groups is 2. The summed E-state index contributed by atoms with van der Waals surface area (Å²) in [4.78, 5) is 29.4. The van der Waals surface area contributed by atoms with Crippen LogP contribution in [-0.4, -0.2) is 41.3 Å². The van der Waals surface area contributed by atoms with Gasteiger partial charge in [-0.3, -0.25) is 4.79 Å². The Kier molecular flexibility index (Phi) is 7.81. The Labute approximate surface area is 202 Å². The Morgan fingerprint density at radius 3 is 2.56 bits per heavy atom. The highest BCUT2D eigenvalue weighted by molar-refractivity contribution is 7.98. The van der Waals surface area contributed by atoms with Crippen LogP contribution in [0.4, 0.5) is 16.2 Å². The second kappa shape index (κ2) is 11.2. The number of ether oxygens (including phenoxy) is 1. The van der Waals surface area contributed by atoms with Crippen LogP contribution in [-0.2, 0) is 10.5 Å². The van der Waals surface area contributed by atoms with E-state index < -0.39 is 0 Å². The minimum Gasteiger partial charge on any atom is -0.376 e. The summed E-state index contributed by atoms with van der Waals surface area (Å²) in [5.74, 6) is 1.11. The van der Waals surface area contributed by atoms with Crippen molar-refractivity contribution in [1.82, 2.24) is 15.5 Å². The summed E-state index contributed by atoms with van der Waals surface area (Å²) in [5.41, 5.74) is 3.56. The van der Waals surface area contributed by atoms with Crippen LogP contribution in [0, 0.1) is 13.8 Å². The molecule has 0 radical (unpaired) electrons. The highest BCUT2D eigenvalue weighted by Gasteiger charge is 2.17. The molecule has 1 aliphatic rings. The Bertz CT molecular complexity index is 1120. The number of urea groups is 1. The average Bonchev–Trinajstić information content (AvgIpc) is 3.47. The van der Waals surface area contributed by atoms with E-state index in [1.165, 1.54) is 11.8 Å². The van der Waals surface area contributed by atoms with Gasteiger partial charge in [0.25, 0.3) is 5.91 Å². The first-order valence-corrected chi connectivity index (χ1v) is 12.1. The standard InChI is InChI=1S/C24H27N5O4S/c1-15-21(16(2)33-29-15)14-34-23-20(6-3-11-25-23)22(30)27-17-7-9-18(10-8-17)28-24(31)26-13-19-5-4-12-32-19/h3,6-11,19H,4-5,12-14H2,1-2H3,(H,27,30)(H2,26,28,31). The molecule has 1 saturated heterocycles. The van der Waals surface area contributed by atoms with E-state index in [9.17, 15) is 9.59 Å². The van der Waals surface area contributed by atoms with Gasteiger partial charge in [0.05, 0.1) is 17.4 Å². The van der Waals surface area contributed by atoms with Crippen molar-refractivity contribution in [2.24, 2.45) is 0 Å². The van der Waals surface area contributed by atoms with E-state index in [2.05, 4.69) is 26.1 Å². The number of thioether (sulfide) groups is 1. The number of anilines is 2. The van der Waals surface area contributed by atoms with E-state index in [1.807, 2.05) is 13.8 Å². The minimum absolute atomic E-state index is 0.0864. The first kappa shape index (κ1) is 23.8. The molecule has 10 heteroatoms. The van der Waals surface area contributed by atoms with E-state index in [0.717, 1.165) is 36.5 Å². The number of nitrogens with zero attached hydrogens (tertiary/aromatic N) is 2. The predicted molar refractivity (Wildman–Crippen MR) is 130 cm³/mol. The smallest absolute Gasteiger partial charge is 0.319 e. The van der Waals surface area contributed by atoms with Gasteiger partial charge in [-0.25, -0.2) is 9.78 Å². The zero-order chi connectivity index (χ0) is 23.9. The van der Waals surface area contributed by atoms with Gasteiger partial charge in [0.2, 0.25) is 0 Å². The third-order valence-corrected chi connectivity index (χ3v) is 6.50. The number of aromatic nitrogens is 2. The summed E-state index contributed by atoms with van der Waals surface area (Å²) in [7, 11) is 0. The number of carbonyl (C=O) groups excluding carboxylic acids is 2. The van der Waals surface area contributed by atoms with Gasteiger partial charge in [-0.15, -0.1) is 11.8 Å². The van der Waals surface area contributed by atoms with Crippen molar-refractivity contribution < 1.29 is 18.8 Å². The molecular formula is C24H27N5O4S. The molecule has 3 N–H and O–H groups in total. The molecule has 0 spiro atoms. The molecular weight excluding hydrogens is 454 g/mol. The Morgan fingerprint density at radius 2 is 1.88 bits per heavy atom. The first-order chi connectivity index (χ1) is 16.5. The van der Waals surface area contributed by atoms with Gasteiger partial charge in [-0.05, 0) is 63.1 Å². The summed E-state index contributed by atoms with van der Waals surface area (Å²) >= 11 is 1.46. The second-order valence-electron chi connectivity index (χ2n) is 7.95. The third-order valence-electron chi connectivity index (χ3n) is 5.47.